The van der Waals surface area contributed by atoms with Gasteiger partial charge in [-0.2, -0.15) is 0 Å². The molecule has 3 amide bonds. The second-order valence-corrected chi connectivity index (χ2v) is 4.18. The van der Waals surface area contributed by atoms with E-state index in [1.54, 1.807) is 14.0 Å². The van der Waals surface area contributed by atoms with E-state index in [-0.39, 0.29) is 5.91 Å². The number of urea groups is 1. The molecule has 2 unspecified atom stereocenters. The molecule has 0 heterocycles. The van der Waals surface area contributed by atoms with Gasteiger partial charge in [-0.3, -0.25) is 9.59 Å². The van der Waals surface area contributed by atoms with Crippen molar-refractivity contribution in [3.63, 3.8) is 0 Å². The fourth-order valence-electron chi connectivity index (χ4n) is 1.32. The smallest absolute Gasteiger partial charge is 0.326 e. The Kier molecular flexibility index (Phi) is 7.05. The molecule has 0 aliphatic rings. The number of carboxylic acids is 2. The van der Waals surface area contributed by atoms with E-state index in [0.29, 0.717) is 6.54 Å². The van der Waals surface area contributed by atoms with E-state index in [2.05, 4.69) is 5.32 Å². The molecule has 0 aromatic rings. The van der Waals surface area contributed by atoms with Crippen LogP contribution in [0.15, 0.2) is 0 Å². The standard InChI is InChI=1S/C11H19N3O6/c1-4-14(3)9(17)6(2)12-11(20)13-7(10(18)19)5-8(15)16/h6-7H,4-5H2,1-3H3,(H,15,16)(H,18,19)(H2,12,13,20). The van der Waals surface area contributed by atoms with E-state index in [1.807, 2.05) is 5.32 Å². The number of aliphatic carboxylic acids is 2. The highest BCUT2D eigenvalue weighted by Crippen LogP contribution is 1.95. The van der Waals surface area contributed by atoms with Crippen molar-refractivity contribution >= 4 is 23.9 Å². The number of carboxylic acid groups (broad SMARTS) is 2. The van der Waals surface area contributed by atoms with Crippen LogP contribution in [0.25, 0.3) is 0 Å². The molecular formula is C11H19N3O6. The fourth-order valence-corrected chi connectivity index (χ4v) is 1.32. The van der Waals surface area contributed by atoms with Gasteiger partial charge in [0.15, 0.2) is 0 Å². The Labute approximate surface area is 115 Å². The number of nitrogens with zero attached hydrogens (tertiary/aromatic N) is 1. The Morgan fingerprint density at radius 2 is 1.70 bits per heavy atom. The third kappa shape index (κ3) is 6.03. The first-order chi connectivity index (χ1) is 9.18. The van der Waals surface area contributed by atoms with Crippen LogP contribution in [0.5, 0.6) is 0 Å². The van der Waals surface area contributed by atoms with Crippen LogP contribution in [0.1, 0.15) is 20.3 Å². The summed E-state index contributed by atoms with van der Waals surface area (Å²) in [6, 6.07) is -3.32. The van der Waals surface area contributed by atoms with Crippen molar-refractivity contribution < 1.29 is 29.4 Å². The lowest BCUT2D eigenvalue weighted by atomic mass is 10.2. The van der Waals surface area contributed by atoms with Gasteiger partial charge in [-0.1, -0.05) is 0 Å². The largest absolute Gasteiger partial charge is 0.481 e. The number of hydrogen-bond donors (Lipinski definition) is 4. The van der Waals surface area contributed by atoms with Crippen LogP contribution in [0.2, 0.25) is 0 Å². The minimum atomic E-state index is -1.56. The first kappa shape index (κ1) is 17.7. The average molecular weight is 289 g/mol. The zero-order valence-electron chi connectivity index (χ0n) is 11.5. The van der Waals surface area contributed by atoms with Gasteiger partial charge in [-0.15, -0.1) is 0 Å². The lowest BCUT2D eigenvalue weighted by Gasteiger charge is -2.21. The van der Waals surface area contributed by atoms with Gasteiger partial charge in [0.2, 0.25) is 5.91 Å². The van der Waals surface area contributed by atoms with Crippen molar-refractivity contribution in [2.45, 2.75) is 32.4 Å². The SMILES string of the molecule is CCN(C)C(=O)C(C)NC(=O)NC(CC(=O)O)C(=O)O. The van der Waals surface area contributed by atoms with Gasteiger partial charge in [-0.25, -0.2) is 9.59 Å². The summed E-state index contributed by atoms with van der Waals surface area (Å²) in [6.45, 7) is 3.67. The van der Waals surface area contributed by atoms with Crippen molar-refractivity contribution in [1.82, 2.24) is 15.5 Å². The highest BCUT2D eigenvalue weighted by molar-refractivity contribution is 5.89. The topological polar surface area (TPSA) is 136 Å². The summed E-state index contributed by atoms with van der Waals surface area (Å²) < 4.78 is 0. The summed E-state index contributed by atoms with van der Waals surface area (Å²) in [5.74, 6) is -3.16. The summed E-state index contributed by atoms with van der Waals surface area (Å²) in [5.41, 5.74) is 0. The number of carbonyl (C=O) groups is 4. The maximum absolute atomic E-state index is 11.7. The maximum atomic E-state index is 11.7. The Morgan fingerprint density at radius 1 is 1.15 bits per heavy atom. The van der Waals surface area contributed by atoms with Crippen LogP contribution in [0.4, 0.5) is 4.79 Å². The summed E-state index contributed by atoms with van der Waals surface area (Å²) in [7, 11) is 1.56. The molecule has 0 spiro atoms. The van der Waals surface area contributed by atoms with Gasteiger partial charge in [0.1, 0.15) is 12.1 Å². The number of carbonyl (C=O) groups excluding carboxylic acids is 2. The zero-order valence-corrected chi connectivity index (χ0v) is 11.5. The number of nitrogens with one attached hydrogen (secondary N) is 2. The van der Waals surface area contributed by atoms with Crippen LogP contribution in [0.3, 0.4) is 0 Å². The van der Waals surface area contributed by atoms with Gasteiger partial charge < -0.3 is 25.7 Å². The summed E-state index contributed by atoms with van der Waals surface area (Å²) in [6.07, 6.45) is -0.750. The lowest BCUT2D eigenvalue weighted by Crippen LogP contribution is -2.52. The molecule has 0 radical (unpaired) electrons. The molecule has 114 valence electrons. The van der Waals surface area contributed by atoms with Gasteiger partial charge in [0, 0.05) is 13.6 Å². The van der Waals surface area contributed by atoms with E-state index in [9.17, 15) is 19.2 Å². The Hall–Kier alpha value is -2.32. The Bertz CT molecular complexity index is 398. The molecule has 0 aliphatic carbocycles. The van der Waals surface area contributed by atoms with E-state index < -0.39 is 36.5 Å². The highest BCUT2D eigenvalue weighted by atomic mass is 16.4. The quantitative estimate of drug-likeness (QED) is 0.478. The molecular weight excluding hydrogens is 270 g/mol. The molecule has 0 bridgehead atoms. The molecule has 0 fully saturated rings. The molecule has 2 atom stereocenters. The predicted molar refractivity (Wildman–Crippen MR) is 68.1 cm³/mol. The molecule has 0 aliphatic heterocycles. The molecule has 4 N–H and O–H groups in total. The average Bonchev–Trinajstić information content (AvgIpc) is 2.35. The van der Waals surface area contributed by atoms with E-state index >= 15 is 0 Å². The minimum absolute atomic E-state index is 0.340. The third-order valence-corrected chi connectivity index (χ3v) is 2.55. The van der Waals surface area contributed by atoms with Crippen molar-refractivity contribution in [2.24, 2.45) is 0 Å². The second-order valence-electron chi connectivity index (χ2n) is 4.18. The maximum Gasteiger partial charge on any atom is 0.326 e. The number of hydrogen-bond acceptors (Lipinski definition) is 4. The van der Waals surface area contributed by atoms with Crippen LogP contribution in [-0.2, 0) is 14.4 Å². The van der Waals surface area contributed by atoms with Crippen molar-refractivity contribution in [1.29, 1.82) is 0 Å². The first-order valence-corrected chi connectivity index (χ1v) is 5.95. The summed E-state index contributed by atoms with van der Waals surface area (Å²) in [4.78, 5) is 45.8. The lowest BCUT2D eigenvalue weighted by molar-refractivity contribution is -0.145. The number of rotatable bonds is 7. The number of amides is 3. The molecule has 0 saturated carbocycles. The monoisotopic (exact) mass is 289 g/mol. The van der Waals surface area contributed by atoms with E-state index in [1.165, 1.54) is 11.8 Å². The molecule has 0 saturated heterocycles. The van der Waals surface area contributed by atoms with Crippen molar-refractivity contribution in [3.8, 4) is 0 Å². The van der Waals surface area contributed by atoms with Gasteiger partial charge in [0.25, 0.3) is 0 Å². The Morgan fingerprint density at radius 3 is 2.10 bits per heavy atom. The van der Waals surface area contributed by atoms with E-state index in [4.69, 9.17) is 10.2 Å². The number of likely N-dealkylation sites (N-methyl/N-ethyl adjacent to an activating group) is 1. The summed E-state index contributed by atoms with van der Waals surface area (Å²) in [5, 5.41) is 21.5. The minimum Gasteiger partial charge on any atom is -0.481 e. The zero-order chi connectivity index (χ0) is 15.9. The predicted octanol–water partition coefficient (Wildman–Crippen LogP) is -0.920. The van der Waals surface area contributed by atoms with E-state index in [0.717, 1.165) is 0 Å². The summed E-state index contributed by atoms with van der Waals surface area (Å²) >= 11 is 0. The normalized spacial score (nSPS) is 12.9. The van der Waals surface area contributed by atoms with Crippen molar-refractivity contribution in [3.05, 3.63) is 0 Å². The molecule has 0 aromatic carbocycles. The van der Waals surface area contributed by atoms with Gasteiger partial charge in [-0.05, 0) is 13.8 Å². The fraction of sp³-hybridized carbons (Fsp3) is 0.636. The molecule has 20 heavy (non-hydrogen) atoms. The molecule has 0 rings (SSSR count). The van der Waals surface area contributed by atoms with Crippen LogP contribution in [-0.4, -0.2) is 64.7 Å². The van der Waals surface area contributed by atoms with Crippen LogP contribution < -0.4 is 10.6 Å². The highest BCUT2D eigenvalue weighted by Gasteiger charge is 2.25. The second kappa shape index (κ2) is 7.97. The third-order valence-electron chi connectivity index (χ3n) is 2.55. The van der Waals surface area contributed by atoms with Gasteiger partial charge in [0.05, 0.1) is 6.42 Å². The van der Waals surface area contributed by atoms with Gasteiger partial charge >= 0.3 is 18.0 Å². The van der Waals surface area contributed by atoms with Crippen LogP contribution >= 0.6 is 0 Å². The van der Waals surface area contributed by atoms with Crippen LogP contribution in [0, 0.1) is 0 Å². The molecule has 0 aromatic heterocycles. The first-order valence-electron chi connectivity index (χ1n) is 5.95. The molecule has 9 heteroatoms. The molecule has 9 nitrogen and oxygen atoms in total. The Balaban J connectivity index is 4.49. The van der Waals surface area contributed by atoms with Crippen molar-refractivity contribution in [2.75, 3.05) is 13.6 Å².